The Hall–Kier alpha value is -2.02. The van der Waals surface area contributed by atoms with Crippen LogP contribution in [0, 0.1) is 0 Å². The highest BCUT2D eigenvalue weighted by atomic mass is 79.9. The van der Waals surface area contributed by atoms with Gasteiger partial charge in [0.25, 0.3) is 5.56 Å². The maximum atomic E-state index is 10.9. The normalized spacial score (nSPS) is 10.6. The van der Waals surface area contributed by atoms with Crippen molar-refractivity contribution in [1.29, 1.82) is 0 Å². The number of H-pyrrole nitrogens is 1. The number of rotatable bonds is 3. The van der Waals surface area contributed by atoms with E-state index in [1.807, 2.05) is 24.3 Å². The van der Waals surface area contributed by atoms with Crippen LogP contribution >= 0.6 is 15.9 Å². The van der Waals surface area contributed by atoms with Gasteiger partial charge in [-0.2, -0.15) is 5.10 Å². The number of benzene rings is 1. The zero-order valence-corrected chi connectivity index (χ0v) is 10.2. The van der Waals surface area contributed by atoms with Gasteiger partial charge in [0.15, 0.2) is 0 Å². The lowest BCUT2D eigenvalue weighted by atomic mass is 10.2. The number of nitrogens with zero attached hydrogens (tertiary/aromatic N) is 3. The fraction of sp³-hybridized carbons (Fsp3) is 0. The highest BCUT2D eigenvalue weighted by molar-refractivity contribution is 9.10. The number of halogens is 1. The summed E-state index contributed by atoms with van der Waals surface area (Å²) < 4.78 is 0.967. The molecule has 2 N–H and O–H groups in total. The first-order valence-corrected chi connectivity index (χ1v) is 5.50. The Morgan fingerprint density at radius 2 is 2.35 bits per heavy atom. The highest BCUT2D eigenvalue weighted by Crippen LogP contribution is 2.09. The van der Waals surface area contributed by atoms with Crippen molar-refractivity contribution in [2.75, 3.05) is 5.43 Å². The second-order valence-corrected chi connectivity index (χ2v) is 4.02. The molecule has 0 atom stereocenters. The Bertz CT molecular complexity index is 595. The van der Waals surface area contributed by atoms with Gasteiger partial charge in [0, 0.05) is 4.47 Å². The molecular weight excluding hydrogens is 286 g/mol. The Morgan fingerprint density at radius 1 is 1.47 bits per heavy atom. The summed E-state index contributed by atoms with van der Waals surface area (Å²) in [5.74, 6) is 0.198. The summed E-state index contributed by atoms with van der Waals surface area (Å²) in [6.45, 7) is 0. The molecular formula is C10H8BrN5O. The lowest BCUT2D eigenvalue weighted by Crippen LogP contribution is -2.10. The zero-order chi connectivity index (χ0) is 12.1. The van der Waals surface area contributed by atoms with Crippen molar-refractivity contribution in [1.82, 2.24) is 15.2 Å². The summed E-state index contributed by atoms with van der Waals surface area (Å²) >= 11 is 3.36. The lowest BCUT2D eigenvalue weighted by Gasteiger charge is -1.96. The minimum Gasteiger partial charge on any atom is -0.289 e. The smallest absolute Gasteiger partial charge is 0.271 e. The van der Waals surface area contributed by atoms with Crippen LogP contribution in [0.1, 0.15) is 5.56 Å². The first-order chi connectivity index (χ1) is 8.24. The van der Waals surface area contributed by atoms with Gasteiger partial charge in [-0.3, -0.25) is 9.78 Å². The number of aromatic amines is 1. The van der Waals surface area contributed by atoms with Crippen LogP contribution in [0.5, 0.6) is 0 Å². The molecule has 0 saturated carbocycles. The van der Waals surface area contributed by atoms with Crippen LogP contribution in [-0.2, 0) is 0 Å². The molecule has 6 nitrogen and oxygen atoms in total. The summed E-state index contributed by atoms with van der Waals surface area (Å²) in [6, 6.07) is 7.63. The quantitative estimate of drug-likeness (QED) is 0.661. The minimum atomic E-state index is -0.333. The van der Waals surface area contributed by atoms with Gasteiger partial charge in [-0.1, -0.05) is 28.1 Å². The number of hydrogen-bond donors (Lipinski definition) is 2. The molecule has 0 fully saturated rings. The summed E-state index contributed by atoms with van der Waals surface area (Å²) in [6.07, 6.45) is 2.70. The average molecular weight is 294 g/mol. The molecule has 0 unspecified atom stereocenters. The van der Waals surface area contributed by atoms with Crippen LogP contribution in [0.15, 0.2) is 44.8 Å². The van der Waals surface area contributed by atoms with Gasteiger partial charge in [-0.15, -0.1) is 10.2 Å². The number of hydrazone groups is 1. The predicted octanol–water partition coefficient (Wildman–Crippen LogP) is 1.37. The lowest BCUT2D eigenvalue weighted by molar-refractivity contribution is 0.939. The Labute approximate surface area is 105 Å². The van der Waals surface area contributed by atoms with E-state index in [4.69, 9.17) is 0 Å². The third-order valence-corrected chi connectivity index (χ3v) is 2.30. The molecule has 1 aromatic carbocycles. The van der Waals surface area contributed by atoms with E-state index in [1.54, 1.807) is 6.21 Å². The van der Waals surface area contributed by atoms with Gasteiger partial charge in [0.05, 0.1) is 6.21 Å². The van der Waals surface area contributed by atoms with Crippen molar-refractivity contribution in [2.45, 2.75) is 0 Å². The fourth-order valence-corrected chi connectivity index (χ4v) is 1.54. The largest absolute Gasteiger partial charge is 0.289 e. The third kappa shape index (κ3) is 3.49. The van der Waals surface area contributed by atoms with Crippen LogP contribution in [0.25, 0.3) is 0 Å². The van der Waals surface area contributed by atoms with Crippen molar-refractivity contribution < 1.29 is 0 Å². The molecule has 1 aromatic heterocycles. The third-order valence-electron chi connectivity index (χ3n) is 1.81. The molecule has 0 bridgehead atoms. The SMILES string of the molecule is O=c1cnnc(N/N=C/c2cccc(Br)c2)[nH]1. The van der Waals surface area contributed by atoms with Crippen molar-refractivity contribution in [2.24, 2.45) is 5.10 Å². The molecule has 7 heteroatoms. The summed E-state index contributed by atoms with van der Waals surface area (Å²) in [4.78, 5) is 13.4. The second kappa shape index (κ2) is 5.35. The molecule has 0 aliphatic heterocycles. The molecule has 1 heterocycles. The standard InChI is InChI=1S/C10H8BrN5O/c11-8-3-1-2-7(4-8)5-12-15-10-14-9(17)6-13-16-10/h1-6H,(H2,14,15,16,17)/b12-5+. The summed E-state index contributed by atoms with van der Waals surface area (Å²) in [5, 5.41) is 11.1. The monoisotopic (exact) mass is 293 g/mol. The number of nitrogens with one attached hydrogen (secondary N) is 2. The maximum absolute atomic E-state index is 10.9. The molecule has 0 spiro atoms. The van der Waals surface area contributed by atoms with Crippen molar-refractivity contribution in [3.8, 4) is 0 Å². The van der Waals surface area contributed by atoms with E-state index in [2.05, 4.69) is 41.6 Å². The van der Waals surface area contributed by atoms with Gasteiger partial charge >= 0.3 is 0 Å². The van der Waals surface area contributed by atoms with E-state index in [0.29, 0.717) is 0 Å². The van der Waals surface area contributed by atoms with Gasteiger partial charge in [-0.25, -0.2) is 5.43 Å². The molecule has 2 aromatic rings. The van der Waals surface area contributed by atoms with Gasteiger partial charge in [0.2, 0.25) is 5.95 Å². The molecule has 17 heavy (non-hydrogen) atoms. The fourth-order valence-electron chi connectivity index (χ4n) is 1.12. The molecule has 2 rings (SSSR count). The van der Waals surface area contributed by atoms with Gasteiger partial charge < -0.3 is 0 Å². The van der Waals surface area contributed by atoms with Crippen LogP contribution in [0.4, 0.5) is 5.95 Å². The van der Waals surface area contributed by atoms with Crippen LogP contribution < -0.4 is 11.0 Å². The topological polar surface area (TPSA) is 83.0 Å². The maximum Gasteiger partial charge on any atom is 0.271 e. The Morgan fingerprint density at radius 3 is 3.12 bits per heavy atom. The molecule has 0 amide bonds. The van der Waals surface area contributed by atoms with Gasteiger partial charge in [0.1, 0.15) is 6.20 Å². The van der Waals surface area contributed by atoms with Crippen LogP contribution in [0.2, 0.25) is 0 Å². The molecule has 0 aliphatic rings. The van der Waals surface area contributed by atoms with E-state index >= 15 is 0 Å². The Balaban J connectivity index is 2.05. The van der Waals surface area contributed by atoms with E-state index in [9.17, 15) is 4.79 Å². The number of hydrogen-bond acceptors (Lipinski definition) is 5. The summed E-state index contributed by atoms with van der Waals surface area (Å²) in [5.41, 5.74) is 3.16. The number of aromatic nitrogens is 3. The zero-order valence-electron chi connectivity index (χ0n) is 8.59. The van der Waals surface area contributed by atoms with Gasteiger partial charge in [-0.05, 0) is 17.7 Å². The average Bonchev–Trinajstić information content (AvgIpc) is 2.29. The highest BCUT2D eigenvalue weighted by Gasteiger charge is 1.92. The first kappa shape index (κ1) is 11.5. The predicted molar refractivity (Wildman–Crippen MR) is 68.0 cm³/mol. The molecule has 0 aliphatic carbocycles. The second-order valence-electron chi connectivity index (χ2n) is 3.11. The van der Waals surface area contributed by atoms with Crippen molar-refractivity contribution in [3.63, 3.8) is 0 Å². The molecule has 86 valence electrons. The Kier molecular flexibility index (Phi) is 3.61. The van der Waals surface area contributed by atoms with Crippen molar-refractivity contribution >= 4 is 28.1 Å². The van der Waals surface area contributed by atoms with E-state index < -0.39 is 0 Å². The van der Waals surface area contributed by atoms with Crippen LogP contribution in [-0.4, -0.2) is 21.4 Å². The van der Waals surface area contributed by atoms with Crippen molar-refractivity contribution in [3.05, 3.63) is 50.9 Å². The minimum absolute atomic E-state index is 0.198. The summed E-state index contributed by atoms with van der Waals surface area (Å²) in [7, 11) is 0. The first-order valence-electron chi connectivity index (χ1n) is 4.71. The van der Waals surface area contributed by atoms with E-state index in [0.717, 1.165) is 16.2 Å². The molecule has 0 radical (unpaired) electrons. The number of anilines is 1. The molecule has 0 saturated heterocycles. The van der Waals surface area contributed by atoms with Crippen LogP contribution in [0.3, 0.4) is 0 Å². The van der Waals surface area contributed by atoms with E-state index in [1.165, 1.54) is 0 Å². The van der Waals surface area contributed by atoms with E-state index in [-0.39, 0.29) is 11.5 Å².